The van der Waals surface area contributed by atoms with Gasteiger partial charge in [0.2, 0.25) is 0 Å². The van der Waals surface area contributed by atoms with Gasteiger partial charge in [0.1, 0.15) is 6.10 Å². The Labute approximate surface area is 339 Å². The molecule has 8 nitrogen and oxygen atoms in total. The number of carboxylic acids is 1. The number of fused-ring (bicyclic) bond motifs is 7. The summed E-state index contributed by atoms with van der Waals surface area (Å²) in [6.07, 6.45) is 13.1. The van der Waals surface area contributed by atoms with Crippen molar-refractivity contribution in [2.75, 3.05) is 33.7 Å². The number of carbonyl (C=O) groups is 3. The first-order chi connectivity index (χ1) is 26.1. The molecule has 0 spiro atoms. The van der Waals surface area contributed by atoms with E-state index in [0.29, 0.717) is 29.5 Å². The summed E-state index contributed by atoms with van der Waals surface area (Å²) in [4.78, 5) is 48.9. The SMILES string of the molecule is CC(C)C1=C2C(CC[C@]3(C)[C@@H]2CC[C@@H]2[C@@]4(C)CC[C@H](OC(=O)CC(C)(C)C(=O)O)C(C)(C)[C@@H]4CC[C@]23C)[C@H](CCN(CCN(C)C)[C@H](C)c2cccnc2)C1=O. The lowest BCUT2D eigenvalue weighted by Crippen LogP contribution is -2.65. The average molecular weight is 774 g/mol. The van der Waals surface area contributed by atoms with E-state index in [1.165, 1.54) is 24.0 Å². The number of carboxylic acid groups (broad SMARTS) is 1. The van der Waals surface area contributed by atoms with Crippen LogP contribution in [0.2, 0.25) is 0 Å². The summed E-state index contributed by atoms with van der Waals surface area (Å²) in [5.74, 6) is 1.12. The van der Waals surface area contributed by atoms with Gasteiger partial charge >= 0.3 is 11.9 Å². The predicted molar refractivity (Wildman–Crippen MR) is 223 cm³/mol. The number of ketones is 1. The predicted octanol–water partition coefficient (Wildman–Crippen LogP) is 9.65. The molecule has 0 saturated heterocycles. The Hall–Kier alpha value is -2.58. The maximum absolute atomic E-state index is 14.7. The first-order valence-corrected chi connectivity index (χ1v) is 22.1. The molecule has 312 valence electrons. The van der Waals surface area contributed by atoms with Gasteiger partial charge in [-0.1, -0.05) is 60.1 Å². The van der Waals surface area contributed by atoms with Crippen LogP contribution in [0.5, 0.6) is 0 Å². The zero-order chi connectivity index (χ0) is 41.2. The quantitative estimate of drug-likeness (QED) is 0.198. The number of esters is 1. The lowest BCUT2D eigenvalue weighted by Gasteiger charge is -2.71. The molecular formula is C48H75N3O5. The van der Waals surface area contributed by atoms with Crippen LogP contribution in [0.1, 0.15) is 145 Å². The maximum Gasteiger partial charge on any atom is 0.309 e. The Morgan fingerprint density at radius 1 is 0.929 bits per heavy atom. The Bertz CT molecular complexity index is 1670. The van der Waals surface area contributed by atoms with E-state index >= 15 is 0 Å². The fourth-order valence-corrected chi connectivity index (χ4v) is 13.8. The zero-order valence-corrected chi connectivity index (χ0v) is 37.0. The van der Waals surface area contributed by atoms with Crippen molar-refractivity contribution in [2.24, 2.45) is 62.6 Å². The van der Waals surface area contributed by atoms with Crippen LogP contribution in [-0.2, 0) is 19.1 Å². The Morgan fingerprint density at radius 3 is 2.25 bits per heavy atom. The van der Waals surface area contributed by atoms with Crippen LogP contribution in [0.15, 0.2) is 35.7 Å². The Balaban J connectivity index is 1.22. The van der Waals surface area contributed by atoms with Crippen LogP contribution in [-0.4, -0.2) is 77.4 Å². The number of hydrogen-bond acceptors (Lipinski definition) is 7. The average Bonchev–Trinajstić information content (AvgIpc) is 3.40. The summed E-state index contributed by atoms with van der Waals surface area (Å²) in [5.41, 5.74) is 2.98. The van der Waals surface area contributed by atoms with Gasteiger partial charge in [-0.2, -0.15) is 0 Å². The molecule has 1 N–H and O–H groups in total. The maximum atomic E-state index is 14.7. The van der Waals surface area contributed by atoms with E-state index in [1.807, 2.05) is 18.5 Å². The van der Waals surface area contributed by atoms with E-state index in [1.54, 1.807) is 19.4 Å². The third kappa shape index (κ3) is 7.23. The second-order valence-electron chi connectivity index (χ2n) is 21.5. The van der Waals surface area contributed by atoms with Crippen LogP contribution in [0.4, 0.5) is 0 Å². The molecule has 1 aromatic rings. The van der Waals surface area contributed by atoms with Crippen molar-refractivity contribution in [3.05, 3.63) is 41.2 Å². The van der Waals surface area contributed by atoms with Crippen molar-refractivity contribution in [1.82, 2.24) is 14.8 Å². The number of pyridine rings is 1. The van der Waals surface area contributed by atoms with Gasteiger partial charge in [0.15, 0.2) is 5.78 Å². The summed E-state index contributed by atoms with van der Waals surface area (Å²) < 4.78 is 6.20. The lowest BCUT2D eigenvalue weighted by atomic mass is 9.33. The molecule has 1 heterocycles. The van der Waals surface area contributed by atoms with E-state index in [0.717, 1.165) is 64.6 Å². The van der Waals surface area contributed by atoms with Gasteiger partial charge < -0.3 is 14.7 Å². The number of aliphatic carboxylic acids is 1. The van der Waals surface area contributed by atoms with Crippen LogP contribution in [0.25, 0.3) is 0 Å². The molecule has 10 atom stereocenters. The van der Waals surface area contributed by atoms with Gasteiger partial charge in [0, 0.05) is 42.9 Å². The van der Waals surface area contributed by atoms with Gasteiger partial charge in [-0.3, -0.25) is 24.3 Å². The smallest absolute Gasteiger partial charge is 0.309 e. The summed E-state index contributed by atoms with van der Waals surface area (Å²) >= 11 is 0. The second-order valence-corrected chi connectivity index (χ2v) is 21.5. The molecule has 6 rings (SSSR count). The minimum Gasteiger partial charge on any atom is -0.481 e. The van der Waals surface area contributed by atoms with Crippen molar-refractivity contribution in [3.8, 4) is 0 Å². The van der Waals surface area contributed by atoms with Crippen LogP contribution in [0.3, 0.4) is 0 Å². The lowest BCUT2D eigenvalue weighted by molar-refractivity contribution is -0.232. The van der Waals surface area contributed by atoms with E-state index in [2.05, 4.69) is 90.3 Å². The zero-order valence-electron chi connectivity index (χ0n) is 37.0. The third-order valence-electron chi connectivity index (χ3n) is 17.2. The number of Topliss-reactive ketones (excluding diaryl/α,β-unsaturated/α-hetero) is 1. The molecule has 4 fully saturated rings. The van der Waals surface area contributed by atoms with Crippen molar-refractivity contribution < 1.29 is 24.2 Å². The van der Waals surface area contributed by atoms with Gasteiger partial charge in [-0.15, -0.1) is 0 Å². The summed E-state index contributed by atoms with van der Waals surface area (Å²) in [6, 6.07) is 4.44. The van der Waals surface area contributed by atoms with Crippen molar-refractivity contribution >= 4 is 17.7 Å². The highest BCUT2D eigenvalue weighted by atomic mass is 16.5. The molecule has 8 heteroatoms. The topological polar surface area (TPSA) is 100 Å². The van der Waals surface area contributed by atoms with Crippen LogP contribution < -0.4 is 0 Å². The first kappa shape index (κ1) is 43.0. The molecule has 1 unspecified atom stereocenters. The second kappa shape index (κ2) is 15.5. The number of likely N-dealkylation sites (N-methyl/N-ethyl adjacent to an activating group) is 1. The monoisotopic (exact) mass is 774 g/mol. The van der Waals surface area contributed by atoms with Crippen LogP contribution >= 0.6 is 0 Å². The largest absolute Gasteiger partial charge is 0.481 e. The number of rotatable bonds is 13. The number of aromatic nitrogens is 1. The fraction of sp³-hybridized carbons (Fsp3) is 0.792. The highest BCUT2D eigenvalue weighted by Gasteiger charge is 2.69. The summed E-state index contributed by atoms with van der Waals surface area (Å²) in [5, 5.41) is 9.64. The van der Waals surface area contributed by atoms with Crippen molar-refractivity contribution in [3.63, 3.8) is 0 Å². The molecule has 5 aliphatic carbocycles. The summed E-state index contributed by atoms with van der Waals surface area (Å²) in [7, 11) is 4.27. The molecule has 0 aromatic carbocycles. The van der Waals surface area contributed by atoms with E-state index in [9.17, 15) is 19.5 Å². The first-order valence-electron chi connectivity index (χ1n) is 22.1. The van der Waals surface area contributed by atoms with E-state index in [4.69, 9.17) is 4.74 Å². The van der Waals surface area contributed by atoms with Gasteiger partial charge in [-0.25, -0.2) is 0 Å². The molecule has 4 saturated carbocycles. The van der Waals surface area contributed by atoms with E-state index in [-0.39, 0.29) is 52.1 Å². The summed E-state index contributed by atoms with van der Waals surface area (Å²) in [6.45, 7) is 25.3. The number of nitrogens with zero attached hydrogens (tertiary/aromatic N) is 3. The van der Waals surface area contributed by atoms with Gasteiger partial charge in [-0.05, 0) is 162 Å². The minimum atomic E-state index is -1.15. The molecule has 0 amide bonds. The van der Waals surface area contributed by atoms with Gasteiger partial charge in [0.05, 0.1) is 11.8 Å². The van der Waals surface area contributed by atoms with Crippen molar-refractivity contribution in [2.45, 2.75) is 146 Å². The number of allylic oxidation sites excluding steroid dienone is 2. The molecule has 1 aromatic heterocycles. The normalized spacial score (nSPS) is 35.9. The highest BCUT2D eigenvalue weighted by Crippen LogP contribution is 2.76. The number of hydrogen-bond donors (Lipinski definition) is 1. The minimum absolute atomic E-state index is 0.0635. The number of ether oxygens (including phenoxy) is 1. The molecule has 0 bridgehead atoms. The number of carbonyl (C=O) groups excluding carboxylic acids is 2. The molecule has 0 aliphatic heterocycles. The molecule has 0 radical (unpaired) electrons. The highest BCUT2D eigenvalue weighted by molar-refractivity contribution is 6.01. The van der Waals surface area contributed by atoms with E-state index < -0.39 is 17.4 Å². The molecule has 5 aliphatic rings. The Morgan fingerprint density at radius 2 is 1.62 bits per heavy atom. The van der Waals surface area contributed by atoms with Crippen LogP contribution in [0, 0.1) is 62.6 Å². The van der Waals surface area contributed by atoms with Crippen molar-refractivity contribution in [1.29, 1.82) is 0 Å². The standard InChI is InChI=1S/C48H75N3O5/c1-30(2)40-41-33(34(42(40)53)20-25-51(27-26-50(11)12)31(3)32-14-13-24-49-29-32)17-22-47(9)35(41)15-16-37-46(8)21-19-38(56-39(52)28-44(4,5)43(54)55)45(6,7)36(46)18-23-48(37,47)10/h13-14,24,29-31,33-38H,15-23,25-28H2,1-12H3,(H,54,55)/t31-,33?,34+,35-,36+,37-,38+,46+,47-,48-/m1/s1. The Kier molecular flexibility index (Phi) is 11.9. The molecular weight excluding hydrogens is 699 g/mol. The van der Waals surface area contributed by atoms with Gasteiger partial charge in [0.25, 0.3) is 0 Å². The fourth-order valence-electron chi connectivity index (χ4n) is 13.8. The molecule has 56 heavy (non-hydrogen) atoms. The third-order valence-corrected chi connectivity index (χ3v) is 17.2.